The van der Waals surface area contributed by atoms with Gasteiger partial charge in [-0.2, -0.15) is 0 Å². The molecule has 2 N–H and O–H groups in total. The van der Waals surface area contributed by atoms with E-state index in [4.69, 9.17) is 11.6 Å². The summed E-state index contributed by atoms with van der Waals surface area (Å²) in [6.45, 7) is 1.96. The minimum atomic E-state index is -3.31. The number of sulfonamides is 1. The number of nitrogens with one attached hydrogen (secondary N) is 2. The summed E-state index contributed by atoms with van der Waals surface area (Å²) in [5.41, 5.74) is 1.12. The first-order chi connectivity index (χ1) is 9.35. The average Bonchev–Trinajstić information content (AvgIpc) is 2.85. The van der Waals surface area contributed by atoms with Crippen molar-refractivity contribution in [2.45, 2.75) is 13.0 Å². The maximum atomic E-state index is 11.2. The van der Waals surface area contributed by atoms with Gasteiger partial charge in [0.2, 0.25) is 10.0 Å². The smallest absolute Gasteiger partial charge is 0.229 e. The van der Waals surface area contributed by atoms with Crippen molar-refractivity contribution in [3.05, 3.63) is 39.8 Å². The summed E-state index contributed by atoms with van der Waals surface area (Å²) in [6, 6.07) is 4.91. The van der Waals surface area contributed by atoms with Crippen molar-refractivity contribution in [1.82, 2.24) is 4.98 Å². The van der Waals surface area contributed by atoms with E-state index < -0.39 is 10.0 Å². The van der Waals surface area contributed by atoms with Crippen LogP contribution in [0.3, 0.4) is 0 Å². The normalized spacial score (nSPS) is 12.9. The Kier molecular flexibility index (Phi) is 4.52. The van der Waals surface area contributed by atoms with Gasteiger partial charge in [-0.1, -0.05) is 11.6 Å². The van der Waals surface area contributed by atoms with Gasteiger partial charge in [-0.15, -0.1) is 11.3 Å². The van der Waals surface area contributed by atoms with Gasteiger partial charge in [-0.05, 0) is 25.1 Å². The van der Waals surface area contributed by atoms with E-state index in [1.807, 2.05) is 12.3 Å². The maximum absolute atomic E-state index is 11.2. The highest BCUT2D eigenvalue weighted by atomic mass is 35.5. The molecule has 2 aromatic rings. The molecule has 0 bridgehead atoms. The lowest BCUT2D eigenvalue weighted by atomic mass is 10.2. The summed E-state index contributed by atoms with van der Waals surface area (Å²) in [5, 5.41) is 6.57. The van der Waals surface area contributed by atoms with Crippen molar-refractivity contribution in [1.29, 1.82) is 0 Å². The predicted octanol–water partition coefficient (Wildman–Crippen LogP) is 3.34. The second kappa shape index (κ2) is 5.99. The molecule has 8 heteroatoms. The van der Waals surface area contributed by atoms with Crippen LogP contribution in [0, 0.1) is 0 Å². The molecule has 0 spiro atoms. The quantitative estimate of drug-likeness (QED) is 0.881. The third-order valence-electron chi connectivity index (χ3n) is 2.46. The molecular weight excluding hydrogens is 318 g/mol. The van der Waals surface area contributed by atoms with Crippen LogP contribution in [0.5, 0.6) is 0 Å². The van der Waals surface area contributed by atoms with E-state index in [9.17, 15) is 8.42 Å². The number of thiazole rings is 1. The third-order valence-corrected chi connectivity index (χ3v) is 4.36. The molecule has 0 aliphatic heterocycles. The van der Waals surface area contributed by atoms with Gasteiger partial charge < -0.3 is 5.32 Å². The Labute approximate surface area is 127 Å². The molecular formula is C12H14ClN3O2S2. The molecule has 0 fully saturated rings. The molecule has 0 aliphatic rings. The van der Waals surface area contributed by atoms with Crippen LogP contribution in [0.2, 0.25) is 5.02 Å². The van der Waals surface area contributed by atoms with Crippen molar-refractivity contribution in [3.8, 4) is 0 Å². The highest BCUT2D eigenvalue weighted by molar-refractivity contribution is 7.92. The van der Waals surface area contributed by atoms with Gasteiger partial charge in [0.15, 0.2) is 0 Å². The Balaban J connectivity index is 2.20. The Morgan fingerprint density at radius 1 is 1.40 bits per heavy atom. The fraction of sp³-hybridized carbons (Fsp3) is 0.250. The van der Waals surface area contributed by atoms with Crippen molar-refractivity contribution < 1.29 is 8.42 Å². The minimum absolute atomic E-state index is 0.0130. The number of hydrogen-bond acceptors (Lipinski definition) is 5. The molecule has 5 nitrogen and oxygen atoms in total. The molecule has 1 heterocycles. The van der Waals surface area contributed by atoms with E-state index in [-0.39, 0.29) is 6.04 Å². The molecule has 1 aromatic carbocycles. The van der Waals surface area contributed by atoms with Gasteiger partial charge >= 0.3 is 0 Å². The Hall–Kier alpha value is -1.31. The number of benzene rings is 1. The van der Waals surface area contributed by atoms with E-state index in [0.29, 0.717) is 16.4 Å². The summed E-state index contributed by atoms with van der Waals surface area (Å²) < 4.78 is 24.9. The Morgan fingerprint density at radius 2 is 2.15 bits per heavy atom. The lowest BCUT2D eigenvalue weighted by Gasteiger charge is -2.15. The number of aromatic nitrogens is 1. The van der Waals surface area contributed by atoms with Gasteiger partial charge in [-0.25, -0.2) is 13.4 Å². The largest absolute Gasteiger partial charge is 0.375 e. The van der Waals surface area contributed by atoms with E-state index >= 15 is 0 Å². The molecule has 1 atom stereocenters. The lowest BCUT2D eigenvalue weighted by molar-refractivity contribution is 0.607. The molecule has 1 unspecified atom stereocenters. The van der Waals surface area contributed by atoms with Crippen LogP contribution in [-0.2, 0) is 10.0 Å². The highest BCUT2D eigenvalue weighted by Crippen LogP contribution is 2.29. The van der Waals surface area contributed by atoms with E-state index in [2.05, 4.69) is 15.0 Å². The first-order valence-electron chi connectivity index (χ1n) is 5.78. The molecule has 1 aromatic heterocycles. The number of rotatable bonds is 5. The van der Waals surface area contributed by atoms with E-state index in [1.54, 1.807) is 35.7 Å². The standard InChI is InChI=1S/C12H14ClN3O2S2/c1-8(12-14-5-6-19-12)15-11-7-9(3-4-10(11)13)16-20(2,17)18/h3-8,15-16H,1-2H3. The molecule has 20 heavy (non-hydrogen) atoms. The first-order valence-corrected chi connectivity index (χ1v) is 8.93. The predicted molar refractivity (Wildman–Crippen MR) is 84.1 cm³/mol. The summed E-state index contributed by atoms with van der Waals surface area (Å²) in [6.07, 6.45) is 2.84. The monoisotopic (exact) mass is 331 g/mol. The molecule has 0 amide bonds. The topological polar surface area (TPSA) is 71.1 Å². The molecule has 0 saturated carbocycles. The fourth-order valence-corrected chi connectivity index (χ4v) is 3.03. The second-order valence-electron chi connectivity index (χ2n) is 4.31. The van der Waals surface area contributed by atoms with E-state index in [1.165, 1.54) is 0 Å². The van der Waals surface area contributed by atoms with E-state index in [0.717, 1.165) is 11.3 Å². The third kappa shape index (κ3) is 4.09. The summed E-state index contributed by atoms with van der Waals surface area (Å²) >= 11 is 7.66. The fourth-order valence-electron chi connectivity index (χ4n) is 1.66. The molecule has 0 saturated heterocycles. The molecule has 0 aliphatic carbocycles. The lowest BCUT2D eigenvalue weighted by Crippen LogP contribution is -2.11. The van der Waals surface area contributed by atoms with Crippen molar-refractivity contribution in [2.75, 3.05) is 16.3 Å². The molecule has 2 rings (SSSR count). The van der Waals surface area contributed by atoms with Gasteiger partial charge in [0, 0.05) is 11.6 Å². The van der Waals surface area contributed by atoms with Crippen LogP contribution in [0.4, 0.5) is 11.4 Å². The van der Waals surface area contributed by atoms with Crippen molar-refractivity contribution in [2.24, 2.45) is 0 Å². The van der Waals surface area contributed by atoms with Crippen LogP contribution in [0.1, 0.15) is 18.0 Å². The zero-order valence-electron chi connectivity index (χ0n) is 10.9. The van der Waals surface area contributed by atoms with Gasteiger partial charge in [0.25, 0.3) is 0 Å². The van der Waals surface area contributed by atoms with Gasteiger partial charge in [0.1, 0.15) is 5.01 Å². The van der Waals surface area contributed by atoms with Crippen LogP contribution in [-0.4, -0.2) is 19.7 Å². The number of halogens is 1. The zero-order chi connectivity index (χ0) is 14.8. The average molecular weight is 332 g/mol. The second-order valence-corrected chi connectivity index (χ2v) is 7.39. The summed E-state index contributed by atoms with van der Waals surface area (Å²) in [5.74, 6) is 0. The van der Waals surface area contributed by atoms with Crippen LogP contribution >= 0.6 is 22.9 Å². The van der Waals surface area contributed by atoms with Crippen LogP contribution in [0.25, 0.3) is 0 Å². The minimum Gasteiger partial charge on any atom is -0.375 e. The Morgan fingerprint density at radius 3 is 2.75 bits per heavy atom. The van der Waals surface area contributed by atoms with Crippen molar-refractivity contribution >= 4 is 44.3 Å². The van der Waals surface area contributed by atoms with Gasteiger partial charge in [0.05, 0.1) is 28.7 Å². The van der Waals surface area contributed by atoms with Crippen molar-refractivity contribution in [3.63, 3.8) is 0 Å². The highest BCUT2D eigenvalue weighted by Gasteiger charge is 2.11. The summed E-state index contributed by atoms with van der Waals surface area (Å²) in [4.78, 5) is 4.23. The summed E-state index contributed by atoms with van der Waals surface area (Å²) in [7, 11) is -3.31. The van der Waals surface area contributed by atoms with Crippen LogP contribution in [0.15, 0.2) is 29.8 Å². The molecule has 0 radical (unpaired) electrons. The number of anilines is 2. The number of nitrogens with zero attached hydrogens (tertiary/aromatic N) is 1. The Bertz CT molecular complexity index is 687. The van der Waals surface area contributed by atoms with Crippen LogP contribution < -0.4 is 10.0 Å². The van der Waals surface area contributed by atoms with Gasteiger partial charge in [-0.3, -0.25) is 4.72 Å². The number of hydrogen-bond donors (Lipinski definition) is 2. The molecule has 108 valence electrons. The zero-order valence-corrected chi connectivity index (χ0v) is 13.3. The first kappa shape index (κ1) is 15.1. The maximum Gasteiger partial charge on any atom is 0.229 e. The SMILES string of the molecule is CC(Nc1cc(NS(C)(=O)=O)ccc1Cl)c1nccs1.